The van der Waals surface area contributed by atoms with Crippen molar-refractivity contribution in [1.29, 1.82) is 0 Å². The molecule has 1 amide bonds. The molecule has 0 radical (unpaired) electrons. The van der Waals surface area contributed by atoms with Gasteiger partial charge in [-0.1, -0.05) is 6.07 Å². The molecular formula is C16H25ClN2O3. The number of amides is 1. The molecule has 1 fully saturated rings. The van der Waals surface area contributed by atoms with Gasteiger partial charge < -0.3 is 20.1 Å². The minimum atomic E-state index is -0.0453. The normalized spacial score (nSPS) is 13.4. The highest BCUT2D eigenvalue weighted by atomic mass is 35.5. The Hall–Kier alpha value is -1.30. The van der Waals surface area contributed by atoms with Gasteiger partial charge in [-0.15, -0.1) is 12.4 Å². The molecule has 2 rings (SSSR count). The summed E-state index contributed by atoms with van der Waals surface area (Å²) in [6.45, 7) is 4.24. The number of benzene rings is 1. The predicted molar refractivity (Wildman–Crippen MR) is 90.0 cm³/mol. The van der Waals surface area contributed by atoms with Gasteiger partial charge in [0.25, 0.3) is 0 Å². The summed E-state index contributed by atoms with van der Waals surface area (Å²) in [5.74, 6) is 1.41. The Morgan fingerprint density at radius 1 is 1.32 bits per heavy atom. The van der Waals surface area contributed by atoms with E-state index in [1.165, 1.54) is 12.8 Å². The van der Waals surface area contributed by atoms with E-state index < -0.39 is 0 Å². The van der Waals surface area contributed by atoms with Crippen molar-refractivity contribution in [3.8, 4) is 5.75 Å². The smallest absolute Gasteiger partial charge is 0.238 e. The Balaban J connectivity index is 0.00000242. The topological polar surface area (TPSA) is 59.6 Å². The second-order valence-corrected chi connectivity index (χ2v) is 5.46. The van der Waals surface area contributed by atoms with Gasteiger partial charge >= 0.3 is 0 Å². The monoisotopic (exact) mass is 328 g/mol. The molecule has 0 aromatic heterocycles. The van der Waals surface area contributed by atoms with Crippen LogP contribution in [0.25, 0.3) is 0 Å². The molecule has 5 nitrogen and oxygen atoms in total. The van der Waals surface area contributed by atoms with Gasteiger partial charge in [0.15, 0.2) is 0 Å². The van der Waals surface area contributed by atoms with Gasteiger partial charge in [0, 0.05) is 7.11 Å². The number of hydrogen-bond acceptors (Lipinski definition) is 4. The summed E-state index contributed by atoms with van der Waals surface area (Å²) in [6, 6.07) is 5.75. The van der Waals surface area contributed by atoms with Crippen LogP contribution in [0.15, 0.2) is 18.2 Å². The molecule has 0 saturated heterocycles. The van der Waals surface area contributed by atoms with Crippen molar-refractivity contribution in [2.24, 2.45) is 5.92 Å². The summed E-state index contributed by atoms with van der Waals surface area (Å²) < 4.78 is 10.6. The molecular weight excluding hydrogens is 304 g/mol. The lowest BCUT2D eigenvalue weighted by Gasteiger charge is -2.13. The molecule has 22 heavy (non-hydrogen) atoms. The summed E-state index contributed by atoms with van der Waals surface area (Å²) in [7, 11) is 1.63. The molecule has 0 unspecified atom stereocenters. The fourth-order valence-corrected chi connectivity index (χ4v) is 1.99. The van der Waals surface area contributed by atoms with Gasteiger partial charge in [0.2, 0.25) is 5.91 Å². The van der Waals surface area contributed by atoms with Crippen molar-refractivity contribution in [3.05, 3.63) is 23.8 Å². The third-order valence-electron chi connectivity index (χ3n) is 3.37. The molecule has 0 spiro atoms. The molecule has 0 heterocycles. The van der Waals surface area contributed by atoms with E-state index in [1.54, 1.807) is 7.11 Å². The summed E-state index contributed by atoms with van der Waals surface area (Å²) >= 11 is 0. The molecule has 1 saturated carbocycles. The van der Waals surface area contributed by atoms with Crippen LogP contribution >= 0.6 is 12.4 Å². The van der Waals surface area contributed by atoms with Crippen molar-refractivity contribution in [3.63, 3.8) is 0 Å². The van der Waals surface area contributed by atoms with Crippen LogP contribution in [-0.2, 0) is 9.53 Å². The van der Waals surface area contributed by atoms with Gasteiger partial charge in [-0.05, 0) is 49.9 Å². The van der Waals surface area contributed by atoms with Gasteiger partial charge in [-0.2, -0.15) is 0 Å². The molecule has 0 aliphatic heterocycles. The van der Waals surface area contributed by atoms with Crippen LogP contribution in [-0.4, -0.2) is 39.3 Å². The summed E-state index contributed by atoms with van der Waals surface area (Å²) in [5, 5.41) is 6.07. The average molecular weight is 329 g/mol. The molecule has 1 aliphatic carbocycles. The number of aryl methyl sites for hydroxylation is 1. The van der Waals surface area contributed by atoms with E-state index in [9.17, 15) is 4.79 Å². The van der Waals surface area contributed by atoms with Crippen molar-refractivity contribution < 1.29 is 14.3 Å². The number of methoxy groups -OCH3 is 1. The number of ether oxygens (including phenoxy) is 2. The summed E-state index contributed by atoms with van der Waals surface area (Å²) in [4.78, 5) is 11.9. The average Bonchev–Trinajstić information content (AvgIpc) is 3.26. The van der Waals surface area contributed by atoms with Crippen LogP contribution < -0.4 is 15.4 Å². The molecule has 2 N–H and O–H groups in total. The Labute approximate surface area is 138 Å². The van der Waals surface area contributed by atoms with Crippen LogP contribution in [0.1, 0.15) is 18.4 Å². The van der Waals surface area contributed by atoms with E-state index in [1.807, 2.05) is 25.1 Å². The molecule has 124 valence electrons. The molecule has 1 aromatic carbocycles. The SMILES string of the molecule is COCCOc1cc(C)ccc1NC(=O)CNCC1CC1.Cl. The quantitative estimate of drug-likeness (QED) is 0.683. The molecule has 0 atom stereocenters. The maximum atomic E-state index is 11.9. The van der Waals surface area contributed by atoms with E-state index in [2.05, 4.69) is 10.6 Å². The minimum Gasteiger partial charge on any atom is -0.489 e. The third-order valence-corrected chi connectivity index (χ3v) is 3.37. The molecule has 1 aliphatic rings. The maximum Gasteiger partial charge on any atom is 0.238 e. The summed E-state index contributed by atoms with van der Waals surface area (Å²) in [5.41, 5.74) is 1.79. The number of nitrogens with one attached hydrogen (secondary N) is 2. The number of hydrogen-bond donors (Lipinski definition) is 2. The molecule has 0 bridgehead atoms. The third kappa shape index (κ3) is 6.64. The second kappa shape index (κ2) is 9.66. The predicted octanol–water partition coefficient (Wildman–Crippen LogP) is 2.38. The van der Waals surface area contributed by atoms with Crippen LogP contribution in [0.3, 0.4) is 0 Å². The Kier molecular flexibility index (Phi) is 8.24. The van der Waals surface area contributed by atoms with Crippen molar-refractivity contribution in [2.45, 2.75) is 19.8 Å². The van der Waals surface area contributed by atoms with Gasteiger partial charge in [-0.25, -0.2) is 0 Å². The van der Waals surface area contributed by atoms with Gasteiger partial charge in [-0.3, -0.25) is 4.79 Å². The fourth-order valence-electron chi connectivity index (χ4n) is 1.99. The van der Waals surface area contributed by atoms with E-state index in [-0.39, 0.29) is 18.3 Å². The Bertz CT molecular complexity index is 478. The van der Waals surface area contributed by atoms with Crippen LogP contribution in [0.5, 0.6) is 5.75 Å². The number of carbonyl (C=O) groups is 1. The zero-order valence-electron chi connectivity index (χ0n) is 13.2. The highest BCUT2D eigenvalue weighted by Crippen LogP contribution is 2.27. The van der Waals surface area contributed by atoms with Crippen molar-refractivity contribution >= 4 is 24.0 Å². The lowest BCUT2D eigenvalue weighted by molar-refractivity contribution is -0.115. The molecule has 1 aromatic rings. The van der Waals surface area contributed by atoms with Gasteiger partial charge in [0.1, 0.15) is 12.4 Å². The number of halogens is 1. The van der Waals surface area contributed by atoms with E-state index in [0.29, 0.717) is 31.2 Å². The van der Waals surface area contributed by atoms with Crippen LogP contribution in [0, 0.1) is 12.8 Å². The van der Waals surface area contributed by atoms with Gasteiger partial charge in [0.05, 0.1) is 18.8 Å². The Morgan fingerprint density at radius 2 is 2.09 bits per heavy atom. The highest BCUT2D eigenvalue weighted by Gasteiger charge is 2.20. The van der Waals surface area contributed by atoms with E-state index >= 15 is 0 Å². The molecule has 6 heteroatoms. The Morgan fingerprint density at radius 3 is 2.77 bits per heavy atom. The van der Waals surface area contributed by atoms with Crippen molar-refractivity contribution in [1.82, 2.24) is 5.32 Å². The largest absolute Gasteiger partial charge is 0.489 e. The van der Waals surface area contributed by atoms with Crippen LogP contribution in [0.2, 0.25) is 0 Å². The minimum absolute atomic E-state index is 0. The number of rotatable bonds is 9. The fraction of sp³-hybridized carbons (Fsp3) is 0.562. The second-order valence-electron chi connectivity index (χ2n) is 5.46. The zero-order valence-corrected chi connectivity index (χ0v) is 14.0. The lowest BCUT2D eigenvalue weighted by atomic mass is 10.2. The zero-order chi connectivity index (χ0) is 15.1. The van der Waals surface area contributed by atoms with Crippen LogP contribution in [0.4, 0.5) is 5.69 Å². The standard InChI is InChI=1S/C16H24N2O3.ClH/c1-12-3-6-14(15(9-12)21-8-7-20-2)18-16(19)11-17-10-13-4-5-13;/h3,6,9,13,17H,4-5,7-8,10-11H2,1-2H3,(H,18,19);1H. The highest BCUT2D eigenvalue weighted by molar-refractivity contribution is 5.93. The first-order valence-corrected chi connectivity index (χ1v) is 7.42. The first-order chi connectivity index (χ1) is 10.2. The van der Waals surface area contributed by atoms with E-state index in [0.717, 1.165) is 18.0 Å². The number of anilines is 1. The van der Waals surface area contributed by atoms with Crippen molar-refractivity contribution in [2.75, 3.05) is 38.7 Å². The first-order valence-electron chi connectivity index (χ1n) is 7.42. The summed E-state index contributed by atoms with van der Waals surface area (Å²) in [6.07, 6.45) is 2.56. The lowest BCUT2D eigenvalue weighted by Crippen LogP contribution is -2.29. The maximum absolute atomic E-state index is 11.9. The van der Waals surface area contributed by atoms with E-state index in [4.69, 9.17) is 9.47 Å². The first kappa shape index (κ1) is 18.7. The number of carbonyl (C=O) groups excluding carboxylic acids is 1.